The van der Waals surface area contributed by atoms with Gasteiger partial charge in [-0.05, 0) is 35.7 Å². The van der Waals surface area contributed by atoms with Crippen LogP contribution in [0.4, 0.5) is 0 Å². The molecule has 0 aliphatic carbocycles. The number of carbonyl (C=O) groups excluding carboxylic acids is 1. The summed E-state index contributed by atoms with van der Waals surface area (Å²) in [5.74, 6) is -0.411. The molecule has 0 heterocycles. The van der Waals surface area contributed by atoms with Crippen molar-refractivity contribution in [2.24, 2.45) is 0 Å². The monoisotopic (exact) mass is 289 g/mol. The van der Waals surface area contributed by atoms with E-state index < -0.39 is 0 Å². The molecule has 0 aromatic heterocycles. The zero-order valence-electron chi connectivity index (χ0n) is 11.2. The summed E-state index contributed by atoms with van der Waals surface area (Å²) >= 11 is 5.83. The number of rotatable bonds is 4. The normalized spacial score (nSPS) is 10.3. The van der Waals surface area contributed by atoms with Crippen molar-refractivity contribution in [3.63, 3.8) is 0 Å². The number of phenolic OH excluding ortho intramolecular Hbond substituents is 1. The molecule has 0 aliphatic rings. The Hall–Kier alpha value is -2.00. The van der Waals surface area contributed by atoms with Crippen LogP contribution in [0.1, 0.15) is 28.4 Å². The first kappa shape index (κ1) is 14.4. The number of hydrogen-bond donors (Lipinski definition) is 2. The van der Waals surface area contributed by atoms with Gasteiger partial charge in [-0.1, -0.05) is 42.8 Å². The third-order valence-corrected chi connectivity index (χ3v) is 3.38. The Morgan fingerprint density at radius 3 is 2.60 bits per heavy atom. The number of halogens is 1. The largest absolute Gasteiger partial charge is 0.507 e. The molecule has 4 heteroatoms. The minimum Gasteiger partial charge on any atom is -0.507 e. The molecule has 2 N–H and O–H groups in total. The molecule has 0 fully saturated rings. The number of carbonyl (C=O) groups is 1. The van der Waals surface area contributed by atoms with Crippen molar-refractivity contribution >= 4 is 17.5 Å². The lowest BCUT2D eigenvalue weighted by Crippen LogP contribution is -2.23. The average Bonchev–Trinajstić information content (AvgIpc) is 2.47. The van der Waals surface area contributed by atoms with Gasteiger partial charge in [-0.2, -0.15) is 0 Å². The van der Waals surface area contributed by atoms with Crippen LogP contribution in [0, 0.1) is 0 Å². The molecule has 0 saturated carbocycles. The fraction of sp³-hybridized carbons (Fsp3) is 0.188. The molecule has 2 aromatic carbocycles. The number of hydrogen-bond acceptors (Lipinski definition) is 2. The van der Waals surface area contributed by atoms with E-state index in [1.807, 2.05) is 24.3 Å². The van der Waals surface area contributed by atoms with Gasteiger partial charge in [-0.3, -0.25) is 4.79 Å². The molecule has 0 bridgehead atoms. The van der Waals surface area contributed by atoms with Crippen molar-refractivity contribution in [3.05, 3.63) is 64.2 Å². The van der Waals surface area contributed by atoms with Crippen LogP contribution in [0.15, 0.2) is 42.5 Å². The molecule has 1 amide bonds. The van der Waals surface area contributed by atoms with E-state index in [2.05, 4.69) is 12.2 Å². The molecule has 2 rings (SSSR count). The van der Waals surface area contributed by atoms with E-state index in [0.29, 0.717) is 11.6 Å². The summed E-state index contributed by atoms with van der Waals surface area (Å²) in [5, 5.41) is 12.9. The van der Waals surface area contributed by atoms with Crippen molar-refractivity contribution < 1.29 is 9.90 Å². The smallest absolute Gasteiger partial charge is 0.255 e. The first-order valence-corrected chi connectivity index (χ1v) is 6.83. The molecular weight excluding hydrogens is 274 g/mol. The van der Waals surface area contributed by atoms with Crippen LogP contribution in [0.3, 0.4) is 0 Å². The van der Waals surface area contributed by atoms with Crippen LogP contribution in [-0.4, -0.2) is 11.0 Å². The number of nitrogens with one attached hydrogen (secondary N) is 1. The van der Waals surface area contributed by atoms with Crippen molar-refractivity contribution in [1.82, 2.24) is 5.32 Å². The van der Waals surface area contributed by atoms with Gasteiger partial charge in [0.1, 0.15) is 5.75 Å². The van der Waals surface area contributed by atoms with Gasteiger partial charge < -0.3 is 10.4 Å². The Morgan fingerprint density at radius 1 is 1.20 bits per heavy atom. The Kier molecular flexibility index (Phi) is 4.64. The molecule has 0 saturated heterocycles. The van der Waals surface area contributed by atoms with E-state index in [4.69, 9.17) is 11.6 Å². The molecule has 0 spiro atoms. The Morgan fingerprint density at radius 2 is 1.90 bits per heavy atom. The lowest BCUT2D eigenvalue weighted by Gasteiger charge is -2.10. The predicted octanol–water partition coefficient (Wildman–Crippen LogP) is 3.54. The zero-order valence-corrected chi connectivity index (χ0v) is 11.9. The summed E-state index contributed by atoms with van der Waals surface area (Å²) in [6.45, 7) is 2.50. The fourth-order valence-electron chi connectivity index (χ4n) is 2.04. The maximum atomic E-state index is 12.1. The van der Waals surface area contributed by atoms with Crippen molar-refractivity contribution in [2.45, 2.75) is 19.9 Å². The van der Waals surface area contributed by atoms with E-state index in [9.17, 15) is 9.90 Å². The number of phenols is 1. The van der Waals surface area contributed by atoms with Crippen molar-refractivity contribution in [1.29, 1.82) is 0 Å². The van der Waals surface area contributed by atoms with Gasteiger partial charge in [0, 0.05) is 11.6 Å². The van der Waals surface area contributed by atoms with E-state index in [1.165, 1.54) is 17.7 Å². The van der Waals surface area contributed by atoms with Gasteiger partial charge in [-0.15, -0.1) is 0 Å². The van der Waals surface area contributed by atoms with Gasteiger partial charge in [0.2, 0.25) is 0 Å². The summed E-state index contributed by atoms with van der Waals surface area (Å²) in [4.78, 5) is 12.1. The Labute approximate surface area is 123 Å². The standard InChI is InChI=1S/C16H16ClNO2/c1-2-11-5-3-4-6-12(11)10-18-16(20)14-9-13(17)7-8-15(14)19/h3-9,19H,2,10H2,1H3,(H,18,20). The molecule has 0 aliphatic heterocycles. The quantitative estimate of drug-likeness (QED) is 0.904. The topological polar surface area (TPSA) is 49.3 Å². The van der Waals surface area contributed by atoms with Crippen LogP contribution in [0.2, 0.25) is 5.02 Å². The van der Waals surface area contributed by atoms with Crippen LogP contribution < -0.4 is 5.32 Å². The first-order valence-electron chi connectivity index (χ1n) is 6.45. The van der Waals surface area contributed by atoms with Gasteiger partial charge >= 0.3 is 0 Å². The first-order chi connectivity index (χ1) is 9.61. The second-order valence-corrected chi connectivity index (χ2v) is 4.90. The fourth-order valence-corrected chi connectivity index (χ4v) is 2.21. The molecular formula is C16H16ClNO2. The summed E-state index contributed by atoms with van der Waals surface area (Å²) in [7, 11) is 0. The molecule has 0 unspecified atom stereocenters. The minimum absolute atomic E-state index is 0.0734. The predicted molar refractivity (Wildman–Crippen MR) is 80.1 cm³/mol. The Balaban J connectivity index is 2.11. The highest BCUT2D eigenvalue weighted by atomic mass is 35.5. The van der Waals surface area contributed by atoms with Crippen LogP contribution >= 0.6 is 11.6 Å². The van der Waals surface area contributed by atoms with Crippen LogP contribution in [-0.2, 0) is 13.0 Å². The third kappa shape index (κ3) is 3.31. The summed E-state index contributed by atoms with van der Waals surface area (Å²) in [6, 6.07) is 12.4. The minimum atomic E-state index is -0.337. The average molecular weight is 290 g/mol. The SMILES string of the molecule is CCc1ccccc1CNC(=O)c1cc(Cl)ccc1O. The maximum absolute atomic E-state index is 12.1. The molecule has 3 nitrogen and oxygen atoms in total. The third-order valence-electron chi connectivity index (χ3n) is 3.14. The second kappa shape index (κ2) is 6.44. The molecule has 20 heavy (non-hydrogen) atoms. The zero-order chi connectivity index (χ0) is 14.5. The highest BCUT2D eigenvalue weighted by Crippen LogP contribution is 2.21. The van der Waals surface area contributed by atoms with Gasteiger partial charge in [0.25, 0.3) is 5.91 Å². The lowest BCUT2D eigenvalue weighted by atomic mass is 10.1. The summed E-state index contributed by atoms with van der Waals surface area (Å²) in [5.41, 5.74) is 2.46. The summed E-state index contributed by atoms with van der Waals surface area (Å²) in [6.07, 6.45) is 0.911. The number of benzene rings is 2. The Bertz CT molecular complexity index is 626. The maximum Gasteiger partial charge on any atom is 0.255 e. The van der Waals surface area contributed by atoms with Crippen LogP contribution in [0.5, 0.6) is 5.75 Å². The molecule has 0 radical (unpaired) electrons. The molecule has 0 atom stereocenters. The van der Waals surface area contributed by atoms with E-state index in [-0.39, 0.29) is 17.2 Å². The van der Waals surface area contributed by atoms with Gasteiger partial charge in [0.15, 0.2) is 0 Å². The van der Waals surface area contributed by atoms with E-state index in [0.717, 1.165) is 12.0 Å². The number of amides is 1. The second-order valence-electron chi connectivity index (χ2n) is 4.47. The van der Waals surface area contributed by atoms with Crippen molar-refractivity contribution in [3.8, 4) is 5.75 Å². The number of aromatic hydroxyl groups is 1. The molecule has 104 valence electrons. The van der Waals surface area contributed by atoms with Crippen LogP contribution in [0.25, 0.3) is 0 Å². The van der Waals surface area contributed by atoms with E-state index >= 15 is 0 Å². The van der Waals surface area contributed by atoms with E-state index in [1.54, 1.807) is 6.07 Å². The van der Waals surface area contributed by atoms with Crippen molar-refractivity contribution in [2.75, 3.05) is 0 Å². The summed E-state index contributed by atoms with van der Waals surface area (Å²) < 4.78 is 0. The van der Waals surface area contributed by atoms with Gasteiger partial charge in [0.05, 0.1) is 5.56 Å². The van der Waals surface area contributed by atoms with Gasteiger partial charge in [-0.25, -0.2) is 0 Å². The highest BCUT2D eigenvalue weighted by molar-refractivity contribution is 6.31. The molecule has 2 aromatic rings. The number of aryl methyl sites for hydroxylation is 1. The lowest BCUT2D eigenvalue weighted by molar-refractivity contribution is 0.0948. The highest BCUT2D eigenvalue weighted by Gasteiger charge is 2.11.